The second-order valence-electron chi connectivity index (χ2n) is 10.3. The maximum Gasteiger partial charge on any atom is 0.343 e. The molecule has 0 atom stereocenters. The minimum absolute atomic E-state index is 0.255. The lowest BCUT2D eigenvalue weighted by Crippen LogP contribution is -2.45. The Hall–Kier alpha value is -3.68. The van der Waals surface area contributed by atoms with E-state index >= 15 is 0 Å². The number of ether oxygens (including phenoxy) is 5. The van der Waals surface area contributed by atoms with E-state index in [2.05, 4.69) is 6.92 Å². The van der Waals surface area contributed by atoms with Crippen LogP contribution >= 0.6 is 0 Å². The monoisotopic (exact) mass is 546 g/mol. The third-order valence-corrected chi connectivity index (χ3v) is 7.05. The van der Waals surface area contributed by atoms with E-state index in [-0.39, 0.29) is 5.41 Å². The molecule has 1 aliphatic rings. The Labute approximate surface area is 236 Å². The van der Waals surface area contributed by atoms with E-state index in [0.29, 0.717) is 35.0 Å². The van der Waals surface area contributed by atoms with Gasteiger partial charge in [-0.15, -0.1) is 0 Å². The minimum atomic E-state index is -0.488. The molecular weight excluding hydrogens is 508 g/mol. The largest absolute Gasteiger partial charge is 0.494 e. The minimum Gasteiger partial charge on any atom is -0.494 e. The first-order valence-corrected chi connectivity index (χ1v) is 14.0. The van der Waals surface area contributed by atoms with Crippen LogP contribution in [-0.2, 0) is 9.47 Å². The Morgan fingerprint density at radius 3 is 1.70 bits per heavy atom. The zero-order chi connectivity index (χ0) is 28.2. The summed E-state index contributed by atoms with van der Waals surface area (Å²) in [6.45, 7) is 8.03. The summed E-state index contributed by atoms with van der Waals surface area (Å²) in [5.41, 5.74) is 2.11. The summed E-state index contributed by atoms with van der Waals surface area (Å²) in [5, 5.41) is 0. The van der Waals surface area contributed by atoms with Gasteiger partial charge in [0.1, 0.15) is 17.2 Å². The molecule has 7 heteroatoms. The first-order valence-electron chi connectivity index (χ1n) is 14.0. The van der Waals surface area contributed by atoms with Crippen molar-refractivity contribution < 1.29 is 33.3 Å². The molecule has 0 aromatic heterocycles. The summed E-state index contributed by atoms with van der Waals surface area (Å²) in [5.74, 6) is 0.554. The van der Waals surface area contributed by atoms with Gasteiger partial charge in [0.15, 0.2) is 0 Å². The second-order valence-corrected chi connectivity index (χ2v) is 10.3. The smallest absolute Gasteiger partial charge is 0.343 e. The van der Waals surface area contributed by atoms with Crippen LogP contribution in [0.4, 0.5) is 0 Å². The van der Waals surface area contributed by atoms with Crippen LogP contribution in [0.2, 0.25) is 0 Å². The zero-order valence-electron chi connectivity index (χ0n) is 23.4. The lowest BCUT2D eigenvalue weighted by Gasteiger charge is -2.40. The topological polar surface area (TPSA) is 80.3 Å². The normalized spacial score (nSPS) is 13.8. The molecule has 3 aromatic rings. The molecule has 0 aliphatic carbocycles. The van der Waals surface area contributed by atoms with Crippen LogP contribution in [0, 0.1) is 12.3 Å². The predicted octanol–water partition coefficient (Wildman–Crippen LogP) is 6.82. The average molecular weight is 547 g/mol. The fraction of sp³-hybridized carbons (Fsp3) is 0.394. The fourth-order valence-electron chi connectivity index (χ4n) is 4.20. The Morgan fingerprint density at radius 1 is 0.700 bits per heavy atom. The molecule has 0 N–H and O–H groups in total. The molecule has 0 bridgehead atoms. The van der Waals surface area contributed by atoms with Gasteiger partial charge in [0, 0.05) is 12.0 Å². The van der Waals surface area contributed by atoms with Gasteiger partial charge in [0.25, 0.3) is 0 Å². The van der Waals surface area contributed by atoms with Crippen molar-refractivity contribution in [2.45, 2.75) is 46.0 Å². The van der Waals surface area contributed by atoms with Crippen molar-refractivity contribution in [2.24, 2.45) is 5.41 Å². The lowest BCUT2D eigenvalue weighted by atomic mass is 9.84. The highest BCUT2D eigenvalue weighted by molar-refractivity contribution is 5.92. The van der Waals surface area contributed by atoms with Gasteiger partial charge in [0.05, 0.1) is 37.6 Å². The van der Waals surface area contributed by atoms with Gasteiger partial charge in [0.2, 0.25) is 0 Å². The van der Waals surface area contributed by atoms with Crippen LogP contribution in [0.15, 0.2) is 72.8 Å². The number of esters is 2. The number of hydrogen-bond acceptors (Lipinski definition) is 7. The molecule has 1 fully saturated rings. The Kier molecular flexibility index (Phi) is 10.7. The van der Waals surface area contributed by atoms with Crippen molar-refractivity contribution in [3.8, 4) is 17.2 Å². The first kappa shape index (κ1) is 29.3. The molecular formula is C33H38O7. The van der Waals surface area contributed by atoms with Crippen LogP contribution < -0.4 is 14.2 Å². The molecule has 0 spiro atoms. The molecule has 7 nitrogen and oxygen atoms in total. The highest BCUT2D eigenvalue weighted by atomic mass is 16.5. The maximum absolute atomic E-state index is 12.5. The van der Waals surface area contributed by atoms with E-state index in [0.717, 1.165) is 64.1 Å². The molecule has 0 amide bonds. The quantitative estimate of drug-likeness (QED) is 0.118. The molecule has 0 saturated carbocycles. The standard InChI is InChI=1S/C33H38O7/c1-3-33(23-37-24-33)22-36-20-6-4-5-7-21-38-28-16-10-26(11-17-28)31(34)40-30-18-12-27(13-19-30)32(35)39-29-14-8-25(2)9-15-29/h8-19H,3-7,20-24H2,1-2H3. The van der Waals surface area contributed by atoms with Gasteiger partial charge < -0.3 is 23.7 Å². The number of rotatable bonds is 15. The number of benzene rings is 3. The van der Waals surface area contributed by atoms with Crippen LogP contribution in [0.1, 0.15) is 65.3 Å². The molecule has 1 aliphatic heterocycles. The van der Waals surface area contributed by atoms with Gasteiger partial charge >= 0.3 is 11.9 Å². The van der Waals surface area contributed by atoms with Crippen molar-refractivity contribution in [3.63, 3.8) is 0 Å². The first-order chi connectivity index (χ1) is 19.5. The average Bonchev–Trinajstić information content (AvgIpc) is 2.95. The van der Waals surface area contributed by atoms with E-state index in [1.807, 2.05) is 19.1 Å². The van der Waals surface area contributed by atoms with Crippen LogP contribution in [-0.4, -0.2) is 45.0 Å². The molecule has 4 rings (SSSR count). The van der Waals surface area contributed by atoms with Crippen LogP contribution in [0.25, 0.3) is 0 Å². The van der Waals surface area contributed by atoms with Crippen LogP contribution in [0.5, 0.6) is 17.2 Å². The summed E-state index contributed by atoms with van der Waals surface area (Å²) in [7, 11) is 0. The fourth-order valence-corrected chi connectivity index (χ4v) is 4.20. The molecule has 0 unspecified atom stereocenters. The summed E-state index contributed by atoms with van der Waals surface area (Å²) in [6, 6.07) is 20.4. The molecule has 40 heavy (non-hydrogen) atoms. The summed E-state index contributed by atoms with van der Waals surface area (Å²) in [4.78, 5) is 24.9. The summed E-state index contributed by atoms with van der Waals surface area (Å²) in [6.07, 6.45) is 5.31. The molecule has 0 radical (unpaired) electrons. The van der Waals surface area contributed by atoms with Gasteiger partial charge in [-0.2, -0.15) is 0 Å². The third-order valence-electron chi connectivity index (χ3n) is 7.05. The van der Waals surface area contributed by atoms with Gasteiger partial charge in [-0.3, -0.25) is 0 Å². The third kappa shape index (κ3) is 8.66. The molecule has 1 heterocycles. The SMILES string of the molecule is CCC1(COCCCCCCOc2ccc(C(=O)Oc3ccc(C(=O)Oc4ccc(C)cc4)cc3)cc2)COC1. The lowest BCUT2D eigenvalue weighted by molar-refractivity contribution is -0.150. The zero-order valence-corrected chi connectivity index (χ0v) is 23.4. The summed E-state index contributed by atoms with van der Waals surface area (Å²) < 4.78 is 27.8. The molecule has 1 saturated heterocycles. The molecule has 212 valence electrons. The van der Waals surface area contributed by atoms with E-state index < -0.39 is 11.9 Å². The van der Waals surface area contributed by atoms with E-state index in [1.54, 1.807) is 60.7 Å². The second kappa shape index (κ2) is 14.6. The highest BCUT2D eigenvalue weighted by Crippen LogP contribution is 2.31. The van der Waals surface area contributed by atoms with Crippen molar-refractivity contribution >= 4 is 11.9 Å². The van der Waals surface area contributed by atoms with Crippen molar-refractivity contribution in [2.75, 3.05) is 33.0 Å². The summed E-state index contributed by atoms with van der Waals surface area (Å²) >= 11 is 0. The number of carbonyl (C=O) groups excluding carboxylic acids is 2. The number of carbonyl (C=O) groups is 2. The van der Waals surface area contributed by atoms with Gasteiger partial charge in [-0.1, -0.05) is 31.0 Å². The Bertz CT molecular complexity index is 1210. The van der Waals surface area contributed by atoms with Crippen molar-refractivity contribution in [1.29, 1.82) is 0 Å². The van der Waals surface area contributed by atoms with Crippen molar-refractivity contribution in [3.05, 3.63) is 89.5 Å². The van der Waals surface area contributed by atoms with E-state index in [4.69, 9.17) is 23.7 Å². The van der Waals surface area contributed by atoms with Crippen molar-refractivity contribution in [1.82, 2.24) is 0 Å². The van der Waals surface area contributed by atoms with Crippen LogP contribution in [0.3, 0.4) is 0 Å². The number of hydrogen-bond donors (Lipinski definition) is 0. The van der Waals surface area contributed by atoms with E-state index in [1.165, 1.54) is 0 Å². The molecule has 3 aromatic carbocycles. The van der Waals surface area contributed by atoms with Gasteiger partial charge in [-0.25, -0.2) is 9.59 Å². The highest BCUT2D eigenvalue weighted by Gasteiger charge is 2.36. The number of aryl methyl sites for hydroxylation is 1. The van der Waals surface area contributed by atoms with Gasteiger partial charge in [-0.05, 0) is 93.3 Å². The number of unbranched alkanes of at least 4 members (excludes halogenated alkanes) is 3. The predicted molar refractivity (Wildman–Crippen MR) is 152 cm³/mol. The van der Waals surface area contributed by atoms with E-state index in [9.17, 15) is 9.59 Å². The maximum atomic E-state index is 12.5. The Morgan fingerprint density at radius 2 is 1.20 bits per heavy atom. The Balaban J connectivity index is 1.11.